The molecule has 1 aliphatic heterocycles. The number of aliphatic hydroxyl groups excluding tert-OH is 1. The molecule has 9 nitrogen and oxygen atoms in total. The number of carbonyl (C=O) groups is 3. The molecule has 0 radical (unpaired) electrons. The van der Waals surface area contributed by atoms with Gasteiger partial charge in [-0.25, -0.2) is 0 Å². The standard InChI is InChI=1S/C29H28ClN3O6/c1-16(34)31-18-8-12-20(13-9-18)33-26(17-6-10-19(11-7-17)32(2)3)25(28(36)29(33)37)27(35)21-14-24(39-5)22(30)15-23(21)38-4/h6-15,26,35H,1-5H3,(H,31,34)/b27-25+. The summed E-state index contributed by atoms with van der Waals surface area (Å²) in [5.74, 6) is -1.89. The van der Waals surface area contributed by atoms with E-state index >= 15 is 0 Å². The molecule has 4 rings (SSSR count). The fourth-order valence-electron chi connectivity index (χ4n) is 4.47. The third-order valence-corrected chi connectivity index (χ3v) is 6.66. The van der Waals surface area contributed by atoms with Gasteiger partial charge in [-0.3, -0.25) is 19.3 Å². The molecule has 2 amide bonds. The van der Waals surface area contributed by atoms with Crippen molar-refractivity contribution in [3.63, 3.8) is 0 Å². The number of nitrogens with zero attached hydrogens (tertiary/aromatic N) is 2. The molecule has 0 bridgehead atoms. The Hall–Kier alpha value is -4.50. The Morgan fingerprint density at radius 2 is 1.59 bits per heavy atom. The van der Waals surface area contributed by atoms with E-state index < -0.39 is 23.5 Å². The molecular formula is C29H28ClN3O6. The topological polar surface area (TPSA) is 108 Å². The van der Waals surface area contributed by atoms with E-state index in [0.29, 0.717) is 16.9 Å². The fraction of sp³-hybridized carbons (Fsp3) is 0.207. The maximum Gasteiger partial charge on any atom is 0.300 e. The Morgan fingerprint density at radius 1 is 0.974 bits per heavy atom. The van der Waals surface area contributed by atoms with Crippen LogP contribution in [0.5, 0.6) is 11.5 Å². The summed E-state index contributed by atoms with van der Waals surface area (Å²) in [6, 6.07) is 15.8. The number of carbonyl (C=O) groups excluding carboxylic acids is 3. The molecule has 1 aliphatic rings. The van der Waals surface area contributed by atoms with Crippen LogP contribution in [0, 0.1) is 0 Å². The second-order valence-electron chi connectivity index (χ2n) is 9.07. The lowest BCUT2D eigenvalue weighted by atomic mass is 9.94. The number of ether oxygens (including phenoxy) is 2. The first-order chi connectivity index (χ1) is 18.6. The summed E-state index contributed by atoms with van der Waals surface area (Å²) in [4.78, 5) is 41.7. The minimum Gasteiger partial charge on any atom is -0.507 e. The number of anilines is 3. The second-order valence-corrected chi connectivity index (χ2v) is 9.48. The highest BCUT2D eigenvalue weighted by molar-refractivity contribution is 6.51. The summed E-state index contributed by atoms with van der Waals surface area (Å²) in [5.41, 5.74) is 2.49. The maximum atomic E-state index is 13.5. The highest BCUT2D eigenvalue weighted by Crippen LogP contribution is 2.45. The number of benzene rings is 3. The molecule has 3 aromatic rings. The zero-order chi connectivity index (χ0) is 28.4. The van der Waals surface area contributed by atoms with Crippen molar-refractivity contribution in [2.24, 2.45) is 0 Å². The first-order valence-electron chi connectivity index (χ1n) is 11.9. The van der Waals surface area contributed by atoms with Gasteiger partial charge in [-0.2, -0.15) is 0 Å². The molecule has 1 heterocycles. The van der Waals surface area contributed by atoms with E-state index in [1.54, 1.807) is 36.4 Å². The number of Topliss-reactive ketones (excluding diaryl/α,β-unsaturated/α-hetero) is 1. The summed E-state index contributed by atoms with van der Waals surface area (Å²) in [6.07, 6.45) is 0. The van der Waals surface area contributed by atoms with E-state index in [2.05, 4.69) is 5.32 Å². The first-order valence-corrected chi connectivity index (χ1v) is 12.3. The number of amides is 2. The number of aliphatic hydroxyl groups is 1. The zero-order valence-electron chi connectivity index (χ0n) is 22.1. The van der Waals surface area contributed by atoms with Crippen molar-refractivity contribution in [2.75, 3.05) is 43.4 Å². The molecule has 202 valence electrons. The summed E-state index contributed by atoms with van der Waals surface area (Å²) in [6.45, 7) is 1.39. The van der Waals surface area contributed by atoms with Gasteiger partial charge in [0, 0.05) is 44.1 Å². The molecule has 39 heavy (non-hydrogen) atoms. The van der Waals surface area contributed by atoms with Crippen LogP contribution in [0.4, 0.5) is 17.1 Å². The average Bonchev–Trinajstić information content (AvgIpc) is 3.18. The third kappa shape index (κ3) is 5.26. The molecule has 0 spiro atoms. The van der Waals surface area contributed by atoms with Crippen molar-refractivity contribution in [3.05, 3.63) is 82.4 Å². The predicted octanol–water partition coefficient (Wildman–Crippen LogP) is 5.01. The van der Waals surface area contributed by atoms with Crippen LogP contribution < -0.4 is 24.6 Å². The number of hydrogen-bond acceptors (Lipinski definition) is 7. The Kier molecular flexibility index (Phi) is 7.83. The molecular weight excluding hydrogens is 522 g/mol. The number of nitrogens with one attached hydrogen (secondary N) is 1. The van der Waals surface area contributed by atoms with Crippen molar-refractivity contribution in [1.29, 1.82) is 0 Å². The van der Waals surface area contributed by atoms with Gasteiger partial charge >= 0.3 is 0 Å². The van der Waals surface area contributed by atoms with Crippen LogP contribution in [0.1, 0.15) is 24.1 Å². The van der Waals surface area contributed by atoms with Crippen LogP contribution in [0.3, 0.4) is 0 Å². The molecule has 1 saturated heterocycles. The van der Waals surface area contributed by atoms with Crippen molar-refractivity contribution in [1.82, 2.24) is 0 Å². The number of methoxy groups -OCH3 is 2. The van der Waals surface area contributed by atoms with Crippen molar-refractivity contribution < 1.29 is 29.0 Å². The number of halogens is 1. The van der Waals surface area contributed by atoms with Gasteiger partial charge in [-0.1, -0.05) is 23.7 Å². The van der Waals surface area contributed by atoms with Gasteiger partial charge in [-0.15, -0.1) is 0 Å². The molecule has 1 unspecified atom stereocenters. The van der Waals surface area contributed by atoms with Crippen LogP contribution in [0.15, 0.2) is 66.2 Å². The van der Waals surface area contributed by atoms with E-state index in [0.717, 1.165) is 5.69 Å². The summed E-state index contributed by atoms with van der Waals surface area (Å²) in [5, 5.41) is 14.5. The molecule has 3 aromatic carbocycles. The molecule has 10 heteroatoms. The average molecular weight is 550 g/mol. The number of hydrogen-bond donors (Lipinski definition) is 2. The lowest BCUT2D eigenvalue weighted by Gasteiger charge is -2.26. The van der Waals surface area contributed by atoms with E-state index in [9.17, 15) is 19.5 Å². The Morgan fingerprint density at radius 3 is 2.13 bits per heavy atom. The lowest BCUT2D eigenvalue weighted by molar-refractivity contribution is -0.132. The Balaban J connectivity index is 1.94. The van der Waals surface area contributed by atoms with Crippen LogP contribution in [0.2, 0.25) is 5.02 Å². The molecule has 0 aliphatic carbocycles. The van der Waals surface area contributed by atoms with Gasteiger partial charge in [0.15, 0.2) is 0 Å². The van der Waals surface area contributed by atoms with Crippen LogP contribution >= 0.6 is 11.6 Å². The SMILES string of the molecule is COc1cc(/C(O)=C2\C(=O)C(=O)N(c3ccc(NC(C)=O)cc3)C2c2ccc(N(C)C)cc2)c(OC)cc1Cl. The van der Waals surface area contributed by atoms with E-state index in [1.807, 2.05) is 31.1 Å². The lowest BCUT2D eigenvalue weighted by Crippen LogP contribution is -2.29. The monoisotopic (exact) mass is 549 g/mol. The van der Waals surface area contributed by atoms with Gasteiger partial charge in [0.25, 0.3) is 11.7 Å². The normalized spacial score (nSPS) is 16.3. The van der Waals surface area contributed by atoms with E-state index in [1.165, 1.54) is 38.2 Å². The van der Waals surface area contributed by atoms with Crippen LogP contribution in [-0.4, -0.2) is 51.0 Å². The maximum absolute atomic E-state index is 13.5. The zero-order valence-corrected chi connectivity index (χ0v) is 22.9. The van der Waals surface area contributed by atoms with Gasteiger partial charge in [0.2, 0.25) is 5.91 Å². The predicted molar refractivity (Wildman–Crippen MR) is 151 cm³/mol. The summed E-state index contributed by atoms with van der Waals surface area (Å²) >= 11 is 6.25. The van der Waals surface area contributed by atoms with Crippen LogP contribution in [0.25, 0.3) is 5.76 Å². The number of rotatable bonds is 7. The minimum absolute atomic E-state index is 0.119. The number of ketones is 1. The van der Waals surface area contributed by atoms with Gasteiger partial charge < -0.3 is 24.8 Å². The quantitative estimate of drug-likeness (QED) is 0.242. The third-order valence-electron chi connectivity index (χ3n) is 6.36. The van der Waals surface area contributed by atoms with E-state index in [4.69, 9.17) is 21.1 Å². The van der Waals surface area contributed by atoms with Gasteiger partial charge in [-0.05, 0) is 48.0 Å². The molecule has 2 N–H and O–H groups in total. The summed E-state index contributed by atoms with van der Waals surface area (Å²) in [7, 11) is 6.63. The van der Waals surface area contributed by atoms with Crippen LogP contribution in [-0.2, 0) is 14.4 Å². The van der Waals surface area contributed by atoms with Crippen molar-refractivity contribution >= 4 is 52.0 Å². The largest absolute Gasteiger partial charge is 0.507 e. The van der Waals surface area contributed by atoms with Gasteiger partial charge in [0.1, 0.15) is 17.3 Å². The minimum atomic E-state index is -0.959. The van der Waals surface area contributed by atoms with E-state index in [-0.39, 0.29) is 33.6 Å². The Bertz CT molecular complexity index is 1470. The second kappa shape index (κ2) is 11.1. The first kappa shape index (κ1) is 27.5. The highest BCUT2D eigenvalue weighted by atomic mass is 35.5. The molecule has 1 fully saturated rings. The fourth-order valence-corrected chi connectivity index (χ4v) is 4.70. The summed E-state index contributed by atoms with van der Waals surface area (Å²) < 4.78 is 10.7. The molecule has 1 atom stereocenters. The van der Waals surface area contributed by atoms with Gasteiger partial charge in [0.05, 0.1) is 36.4 Å². The highest BCUT2D eigenvalue weighted by Gasteiger charge is 2.47. The van der Waals surface area contributed by atoms with Crippen molar-refractivity contribution in [3.8, 4) is 11.5 Å². The van der Waals surface area contributed by atoms with Crippen molar-refractivity contribution in [2.45, 2.75) is 13.0 Å². The molecule has 0 aromatic heterocycles. The Labute approximate surface area is 231 Å². The smallest absolute Gasteiger partial charge is 0.300 e. The molecule has 0 saturated carbocycles.